The lowest BCUT2D eigenvalue weighted by atomic mass is 9.98. The summed E-state index contributed by atoms with van der Waals surface area (Å²) >= 11 is 0. The quantitative estimate of drug-likeness (QED) is 0.877. The van der Waals surface area contributed by atoms with E-state index in [2.05, 4.69) is 4.98 Å². The molecule has 1 N–H and O–H groups in total. The van der Waals surface area contributed by atoms with Crippen molar-refractivity contribution in [2.45, 2.75) is 19.1 Å². The van der Waals surface area contributed by atoms with Gasteiger partial charge in [-0.3, -0.25) is 4.98 Å². The molecular formula is C15H17NO2. The second-order valence-electron chi connectivity index (χ2n) is 4.21. The Kier molecular flexibility index (Phi) is 4.45. The van der Waals surface area contributed by atoms with Crippen LogP contribution in [0.3, 0.4) is 0 Å². The van der Waals surface area contributed by atoms with Crippen LogP contribution < -0.4 is 0 Å². The molecule has 0 aliphatic heterocycles. The highest BCUT2D eigenvalue weighted by Gasteiger charge is 2.12. The van der Waals surface area contributed by atoms with Crippen LogP contribution in [0.15, 0.2) is 48.8 Å². The molecule has 1 atom stereocenters. The zero-order chi connectivity index (χ0) is 12.8. The van der Waals surface area contributed by atoms with Gasteiger partial charge in [-0.15, -0.1) is 0 Å². The highest BCUT2D eigenvalue weighted by Crippen LogP contribution is 2.22. The molecule has 1 aromatic carbocycles. The zero-order valence-corrected chi connectivity index (χ0v) is 10.4. The number of methoxy groups -OCH3 is 1. The Hall–Kier alpha value is -1.71. The van der Waals surface area contributed by atoms with E-state index in [1.165, 1.54) is 0 Å². The van der Waals surface area contributed by atoms with Crippen LogP contribution in [0.5, 0.6) is 0 Å². The number of hydrogen-bond acceptors (Lipinski definition) is 3. The SMILES string of the molecule is COCc1ccccc1C(O)Cc1cccnc1. The van der Waals surface area contributed by atoms with Gasteiger partial charge < -0.3 is 9.84 Å². The van der Waals surface area contributed by atoms with Gasteiger partial charge in [0.05, 0.1) is 12.7 Å². The molecule has 0 amide bonds. The lowest BCUT2D eigenvalue weighted by Gasteiger charge is -2.15. The standard InChI is InChI=1S/C15H17NO2/c1-18-11-13-6-2-3-7-14(13)15(17)9-12-5-4-8-16-10-12/h2-8,10,15,17H,9,11H2,1H3. The number of pyridine rings is 1. The van der Waals surface area contributed by atoms with Gasteiger partial charge >= 0.3 is 0 Å². The van der Waals surface area contributed by atoms with Crippen molar-refractivity contribution in [3.8, 4) is 0 Å². The molecule has 3 heteroatoms. The molecule has 0 saturated carbocycles. The number of rotatable bonds is 5. The number of aliphatic hydroxyl groups excluding tert-OH is 1. The first-order valence-corrected chi connectivity index (χ1v) is 5.95. The normalized spacial score (nSPS) is 12.3. The Balaban J connectivity index is 2.16. The van der Waals surface area contributed by atoms with Crippen molar-refractivity contribution in [1.29, 1.82) is 0 Å². The minimum absolute atomic E-state index is 0.514. The van der Waals surface area contributed by atoms with Gasteiger partial charge in [-0.1, -0.05) is 30.3 Å². The molecule has 3 nitrogen and oxygen atoms in total. The third-order valence-corrected chi connectivity index (χ3v) is 2.87. The number of aliphatic hydroxyl groups is 1. The Bertz CT molecular complexity index is 485. The average molecular weight is 243 g/mol. The van der Waals surface area contributed by atoms with Gasteiger partial charge in [0.25, 0.3) is 0 Å². The number of hydrogen-bond donors (Lipinski definition) is 1. The first-order chi connectivity index (χ1) is 8.81. The number of ether oxygens (including phenoxy) is 1. The number of benzene rings is 1. The first-order valence-electron chi connectivity index (χ1n) is 5.95. The van der Waals surface area contributed by atoms with Crippen molar-refractivity contribution in [1.82, 2.24) is 4.98 Å². The summed E-state index contributed by atoms with van der Waals surface area (Å²) in [6, 6.07) is 11.6. The monoisotopic (exact) mass is 243 g/mol. The summed E-state index contributed by atoms with van der Waals surface area (Å²) in [6.45, 7) is 0.514. The lowest BCUT2D eigenvalue weighted by molar-refractivity contribution is 0.161. The molecule has 0 aliphatic rings. The molecular weight excluding hydrogens is 226 g/mol. The van der Waals surface area contributed by atoms with Crippen molar-refractivity contribution in [3.05, 3.63) is 65.5 Å². The minimum Gasteiger partial charge on any atom is -0.388 e. The molecule has 0 saturated heterocycles. The smallest absolute Gasteiger partial charge is 0.0834 e. The maximum absolute atomic E-state index is 10.3. The maximum Gasteiger partial charge on any atom is 0.0834 e. The molecule has 1 unspecified atom stereocenters. The van der Waals surface area contributed by atoms with Gasteiger partial charge in [0.1, 0.15) is 0 Å². The molecule has 18 heavy (non-hydrogen) atoms. The van der Waals surface area contributed by atoms with Gasteiger partial charge in [0.15, 0.2) is 0 Å². The van der Waals surface area contributed by atoms with Gasteiger partial charge in [0, 0.05) is 25.9 Å². The molecule has 0 radical (unpaired) electrons. The third kappa shape index (κ3) is 3.15. The van der Waals surface area contributed by atoms with Gasteiger partial charge in [0.2, 0.25) is 0 Å². The first kappa shape index (κ1) is 12.7. The van der Waals surface area contributed by atoms with Crippen molar-refractivity contribution in [2.75, 3.05) is 7.11 Å². The second-order valence-corrected chi connectivity index (χ2v) is 4.21. The highest BCUT2D eigenvalue weighted by molar-refractivity contribution is 5.29. The van der Waals surface area contributed by atoms with Gasteiger partial charge in [-0.25, -0.2) is 0 Å². The summed E-state index contributed by atoms with van der Waals surface area (Å²) in [4.78, 5) is 4.05. The summed E-state index contributed by atoms with van der Waals surface area (Å²) in [5, 5.41) is 10.3. The van der Waals surface area contributed by atoms with E-state index in [1.807, 2.05) is 36.4 Å². The molecule has 2 aromatic rings. The highest BCUT2D eigenvalue weighted by atomic mass is 16.5. The maximum atomic E-state index is 10.3. The Morgan fingerprint density at radius 3 is 2.78 bits per heavy atom. The van der Waals surface area contributed by atoms with E-state index in [4.69, 9.17) is 4.74 Å². The predicted octanol–water partition coefficient (Wildman–Crippen LogP) is 2.50. The van der Waals surface area contributed by atoms with Crippen molar-refractivity contribution in [3.63, 3.8) is 0 Å². The summed E-state index contributed by atoms with van der Waals surface area (Å²) in [7, 11) is 1.66. The van der Waals surface area contributed by atoms with E-state index >= 15 is 0 Å². The lowest BCUT2D eigenvalue weighted by Crippen LogP contribution is -2.06. The molecule has 2 rings (SSSR count). The fourth-order valence-electron chi connectivity index (χ4n) is 2.00. The van der Waals surface area contributed by atoms with Crippen LogP contribution in [0.2, 0.25) is 0 Å². The number of aromatic nitrogens is 1. The topological polar surface area (TPSA) is 42.4 Å². The van der Waals surface area contributed by atoms with Crippen molar-refractivity contribution in [2.24, 2.45) is 0 Å². The third-order valence-electron chi connectivity index (χ3n) is 2.87. The average Bonchev–Trinajstić information content (AvgIpc) is 2.41. The van der Waals surface area contributed by atoms with Gasteiger partial charge in [-0.2, -0.15) is 0 Å². The Morgan fingerprint density at radius 2 is 2.06 bits per heavy atom. The van der Waals surface area contributed by atoms with Crippen LogP contribution in [0.1, 0.15) is 22.8 Å². The van der Waals surface area contributed by atoms with E-state index in [-0.39, 0.29) is 0 Å². The van der Waals surface area contributed by atoms with E-state index in [0.717, 1.165) is 16.7 Å². The van der Waals surface area contributed by atoms with E-state index in [0.29, 0.717) is 13.0 Å². The minimum atomic E-state index is -0.527. The molecule has 0 spiro atoms. The Labute approximate surface area is 107 Å². The molecule has 0 aliphatic carbocycles. The molecule has 0 bridgehead atoms. The molecule has 1 aromatic heterocycles. The largest absolute Gasteiger partial charge is 0.388 e. The van der Waals surface area contributed by atoms with E-state index in [9.17, 15) is 5.11 Å². The van der Waals surface area contributed by atoms with Crippen LogP contribution in [0, 0.1) is 0 Å². The van der Waals surface area contributed by atoms with Crippen LogP contribution in [-0.4, -0.2) is 17.2 Å². The van der Waals surface area contributed by atoms with Crippen molar-refractivity contribution >= 4 is 0 Å². The summed E-state index contributed by atoms with van der Waals surface area (Å²) in [5.41, 5.74) is 2.97. The predicted molar refractivity (Wildman–Crippen MR) is 70.1 cm³/mol. The van der Waals surface area contributed by atoms with E-state index in [1.54, 1.807) is 19.5 Å². The van der Waals surface area contributed by atoms with Crippen LogP contribution in [-0.2, 0) is 17.8 Å². The van der Waals surface area contributed by atoms with Crippen LogP contribution in [0.25, 0.3) is 0 Å². The van der Waals surface area contributed by atoms with Crippen LogP contribution in [0.4, 0.5) is 0 Å². The summed E-state index contributed by atoms with van der Waals surface area (Å²) in [6.07, 6.45) is 3.55. The fraction of sp³-hybridized carbons (Fsp3) is 0.267. The number of nitrogens with zero attached hydrogens (tertiary/aromatic N) is 1. The molecule has 94 valence electrons. The molecule has 1 heterocycles. The molecule has 0 fully saturated rings. The van der Waals surface area contributed by atoms with Gasteiger partial charge in [-0.05, 0) is 22.8 Å². The van der Waals surface area contributed by atoms with Crippen molar-refractivity contribution < 1.29 is 9.84 Å². The Morgan fingerprint density at radius 1 is 1.22 bits per heavy atom. The summed E-state index contributed by atoms with van der Waals surface area (Å²) in [5.74, 6) is 0. The second kappa shape index (κ2) is 6.28. The van der Waals surface area contributed by atoms with E-state index < -0.39 is 6.10 Å². The fourth-order valence-corrected chi connectivity index (χ4v) is 2.00. The zero-order valence-electron chi connectivity index (χ0n) is 10.4. The van der Waals surface area contributed by atoms with Crippen LogP contribution >= 0.6 is 0 Å². The summed E-state index contributed by atoms with van der Waals surface area (Å²) < 4.78 is 5.15.